The first-order valence-corrected chi connectivity index (χ1v) is 15.7. The molecule has 0 saturated carbocycles. The molecular weight excluding hydrogens is 646 g/mol. The maximum Gasteiger partial charge on any atom is 0.410 e. The number of piperazine rings is 1. The number of carbonyl (C=O) groups excluding carboxylic acids is 3. The Labute approximate surface area is 281 Å². The summed E-state index contributed by atoms with van der Waals surface area (Å²) in [6, 6.07) is 7.37. The van der Waals surface area contributed by atoms with Gasteiger partial charge in [-0.15, -0.1) is 0 Å². The van der Waals surface area contributed by atoms with Crippen LogP contribution >= 0.6 is 11.6 Å². The van der Waals surface area contributed by atoms with E-state index in [4.69, 9.17) is 22.1 Å². The van der Waals surface area contributed by atoms with Gasteiger partial charge in [0.25, 0.3) is 11.8 Å². The lowest BCUT2D eigenvalue weighted by molar-refractivity contribution is 0.0141. The van der Waals surface area contributed by atoms with Gasteiger partial charge in [-0.3, -0.25) is 14.3 Å². The van der Waals surface area contributed by atoms with E-state index in [2.05, 4.69) is 15.4 Å². The summed E-state index contributed by atoms with van der Waals surface area (Å²) >= 11 is 6.46. The van der Waals surface area contributed by atoms with Crippen molar-refractivity contribution < 1.29 is 27.9 Å². The van der Waals surface area contributed by atoms with E-state index in [-0.39, 0.29) is 39.1 Å². The van der Waals surface area contributed by atoms with Gasteiger partial charge in [0.05, 0.1) is 34.7 Å². The summed E-state index contributed by atoms with van der Waals surface area (Å²) in [6.07, 6.45) is 2.48. The van der Waals surface area contributed by atoms with E-state index in [0.29, 0.717) is 56.2 Å². The monoisotopic (exact) mass is 682 g/mol. The van der Waals surface area contributed by atoms with Crippen LogP contribution in [-0.2, 0) is 18.3 Å². The van der Waals surface area contributed by atoms with Crippen molar-refractivity contribution in [1.29, 1.82) is 0 Å². The maximum absolute atomic E-state index is 15.4. The molecule has 0 unspecified atom stereocenters. The molecule has 0 aliphatic carbocycles. The fraction of sp³-hybridized carbons (Fsp3) is 0.364. The number of hydrogen-bond acceptors (Lipinski definition) is 7. The van der Waals surface area contributed by atoms with Crippen LogP contribution in [0.2, 0.25) is 5.02 Å². The lowest BCUT2D eigenvalue weighted by atomic mass is 10.0. The molecule has 0 radical (unpaired) electrons. The van der Waals surface area contributed by atoms with Crippen LogP contribution in [0.4, 0.5) is 19.3 Å². The molecule has 3 N–H and O–H groups in total. The minimum Gasteiger partial charge on any atom is -0.444 e. The maximum atomic E-state index is 15.4. The van der Waals surface area contributed by atoms with E-state index in [1.807, 2.05) is 0 Å². The number of halogens is 3. The van der Waals surface area contributed by atoms with Gasteiger partial charge in [-0.1, -0.05) is 17.7 Å². The fourth-order valence-electron chi connectivity index (χ4n) is 5.40. The van der Waals surface area contributed by atoms with Crippen LogP contribution in [0.5, 0.6) is 0 Å². The third-order valence-corrected chi connectivity index (χ3v) is 8.13. The largest absolute Gasteiger partial charge is 0.444 e. The number of carbonyl (C=O) groups is 3. The highest BCUT2D eigenvalue weighted by Crippen LogP contribution is 2.33. The summed E-state index contributed by atoms with van der Waals surface area (Å²) in [5.74, 6) is -3.14. The number of hydrogen-bond donors (Lipinski definition) is 2. The second-order valence-electron chi connectivity index (χ2n) is 12.4. The molecule has 0 atom stereocenters. The number of benzene rings is 2. The number of nitrogens with one attached hydrogen (secondary N) is 1. The van der Waals surface area contributed by atoms with Gasteiger partial charge in [-0.2, -0.15) is 5.10 Å². The summed E-state index contributed by atoms with van der Waals surface area (Å²) in [4.78, 5) is 46.0. The zero-order valence-electron chi connectivity index (χ0n) is 27.3. The Bertz CT molecular complexity index is 1880. The molecule has 0 spiro atoms. The van der Waals surface area contributed by atoms with Crippen molar-refractivity contribution in [2.75, 3.05) is 38.0 Å². The molecule has 2 aromatic carbocycles. The minimum absolute atomic E-state index is 0.0547. The number of rotatable bonds is 7. The average molecular weight is 683 g/mol. The molecule has 3 amide bonds. The van der Waals surface area contributed by atoms with Crippen LogP contribution in [0.15, 0.2) is 42.7 Å². The summed E-state index contributed by atoms with van der Waals surface area (Å²) in [7, 11) is 1.51. The number of nitrogens with zero attached hydrogens (tertiary/aromatic N) is 6. The zero-order chi connectivity index (χ0) is 34.9. The predicted molar refractivity (Wildman–Crippen MR) is 177 cm³/mol. The van der Waals surface area contributed by atoms with Gasteiger partial charge in [0.1, 0.15) is 5.60 Å². The topological polar surface area (TPSA) is 141 Å². The van der Waals surface area contributed by atoms with Crippen molar-refractivity contribution in [3.8, 4) is 22.4 Å². The SMILES string of the molecule is Cc1nn(CCN)cc1-c1ccc(-c2cnc(C(=O)Nc3ccc(C(=O)N4CCN(C(=O)OC(C)(C)C)CC4)c(Cl)c3)n2C)c(F)c1F. The summed E-state index contributed by atoms with van der Waals surface area (Å²) in [5, 5.41) is 7.11. The van der Waals surface area contributed by atoms with Crippen molar-refractivity contribution in [1.82, 2.24) is 29.1 Å². The van der Waals surface area contributed by atoms with Crippen LogP contribution in [0.3, 0.4) is 0 Å². The van der Waals surface area contributed by atoms with Gasteiger partial charge < -0.3 is 30.2 Å². The normalized spacial score (nSPS) is 13.5. The zero-order valence-corrected chi connectivity index (χ0v) is 28.1. The van der Waals surface area contributed by atoms with Gasteiger partial charge >= 0.3 is 6.09 Å². The Hall–Kier alpha value is -4.82. The quantitative estimate of drug-likeness (QED) is 0.277. The first kappa shape index (κ1) is 34.5. The van der Waals surface area contributed by atoms with Gasteiger partial charge in [-0.25, -0.2) is 18.6 Å². The first-order valence-electron chi connectivity index (χ1n) is 15.3. The first-order chi connectivity index (χ1) is 22.7. The molecule has 1 aliphatic rings. The van der Waals surface area contributed by atoms with E-state index < -0.39 is 29.2 Å². The Kier molecular flexibility index (Phi) is 9.87. The Morgan fingerprint density at radius 1 is 1.00 bits per heavy atom. The lowest BCUT2D eigenvalue weighted by Crippen LogP contribution is -2.51. The molecule has 3 heterocycles. The van der Waals surface area contributed by atoms with E-state index in [0.717, 1.165) is 0 Å². The molecule has 1 aliphatic heterocycles. The summed E-state index contributed by atoms with van der Waals surface area (Å²) < 4.78 is 39.1. The van der Waals surface area contributed by atoms with E-state index >= 15 is 8.78 Å². The Balaban J connectivity index is 1.26. The smallest absolute Gasteiger partial charge is 0.410 e. The molecule has 15 heteroatoms. The number of ether oxygens (including phenoxy) is 1. The molecule has 12 nitrogen and oxygen atoms in total. The van der Waals surface area contributed by atoms with Crippen LogP contribution < -0.4 is 11.1 Å². The van der Waals surface area contributed by atoms with Crippen LogP contribution in [-0.4, -0.2) is 85.4 Å². The van der Waals surface area contributed by atoms with Crippen molar-refractivity contribution in [3.05, 3.63) is 76.5 Å². The number of nitrogens with two attached hydrogens (primary N) is 1. The summed E-state index contributed by atoms with van der Waals surface area (Å²) in [5.41, 5.74) is 6.65. The van der Waals surface area contributed by atoms with Crippen molar-refractivity contribution >= 4 is 35.2 Å². The van der Waals surface area contributed by atoms with E-state index in [1.54, 1.807) is 48.4 Å². The highest BCUT2D eigenvalue weighted by atomic mass is 35.5. The molecule has 254 valence electrons. The molecule has 4 aromatic rings. The molecule has 48 heavy (non-hydrogen) atoms. The van der Waals surface area contributed by atoms with Crippen molar-refractivity contribution in [2.45, 2.75) is 39.8 Å². The van der Waals surface area contributed by atoms with Crippen molar-refractivity contribution in [3.63, 3.8) is 0 Å². The molecule has 1 saturated heterocycles. The number of amides is 3. The second-order valence-corrected chi connectivity index (χ2v) is 12.8. The average Bonchev–Trinajstić information content (AvgIpc) is 3.59. The molecule has 1 fully saturated rings. The Morgan fingerprint density at radius 2 is 1.65 bits per heavy atom. The lowest BCUT2D eigenvalue weighted by Gasteiger charge is -2.35. The van der Waals surface area contributed by atoms with Crippen LogP contribution in [0.25, 0.3) is 22.4 Å². The van der Waals surface area contributed by atoms with Crippen LogP contribution in [0.1, 0.15) is 47.4 Å². The van der Waals surface area contributed by atoms with Gasteiger partial charge in [0, 0.05) is 68.3 Å². The summed E-state index contributed by atoms with van der Waals surface area (Å²) in [6.45, 7) is 9.12. The number of aromatic nitrogens is 4. The molecular formula is C33H37ClF2N8O4. The van der Waals surface area contributed by atoms with Crippen molar-refractivity contribution in [2.24, 2.45) is 12.8 Å². The van der Waals surface area contributed by atoms with Gasteiger partial charge in [0.2, 0.25) is 0 Å². The predicted octanol–water partition coefficient (Wildman–Crippen LogP) is 5.09. The van der Waals surface area contributed by atoms with E-state index in [9.17, 15) is 14.4 Å². The highest BCUT2D eigenvalue weighted by molar-refractivity contribution is 6.34. The third kappa shape index (κ3) is 7.19. The van der Waals surface area contributed by atoms with E-state index in [1.165, 1.54) is 48.1 Å². The standard InChI is InChI=1S/C33H37ClF2N8O4/c1-19-24(18-44(40-19)11-10-37)21-8-9-23(28(36)27(21)35)26-17-38-29(41(26)5)30(45)39-20-6-7-22(25(34)16-20)31(46)42-12-14-43(15-13-42)32(47)48-33(2,3)4/h6-9,16-18H,10-15,37H2,1-5H3,(H,39,45). The number of anilines is 1. The van der Waals surface area contributed by atoms with Gasteiger partial charge in [-0.05, 0) is 52.0 Å². The highest BCUT2D eigenvalue weighted by Gasteiger charge is 2.29. The fourth-order valence-corrected chi connectivity index (χ4v) is 5.66. The molecule has 2 aromatic heterocycles. The minimum atomic E-state index is -1.09. The van der Waals surface area contributed by atoms with Crippen LogP contribution in [0, 0.1) is 18.6 Å². The third-order valence-electron chi connectivity index (χ3n) is 7.82. The molecule has 0 bridgehead atoms. The number of aryl methyl sites for hydroxylation is 1. The van der Waals surface area contributed by atoms with Gasteiger partial charge in [0.15, 0.2) is 17.5 Å². The molecule has 5 rings (SSSR count). The number of imidazole rings is 1. The second kappa shape index (κ2) is 13.7. The Morgan fingerprint density at radius 3 is 2.29 bits per heavy atom.